The van der Waals surface area contributed by atoms with E-state index in [2.05, 4.69) is 11.9 Å². The lowest BCUT2D eigenvalue weighted by atomic mass is 9.94. The van der Waals surface area contributed by atoms with Gasteiger partial charge in [-0.2, -0.15) is 0 Å². The van der Waals surface area contributed by atoms with Crippen LogP contribution >= 0.6 is 24.0 Å². The van der Waals surface area contributed by atoms with Crippen LogP contribution in [0.25, 0.3) is 0 Å². The van der Waals surface area contributed by atoms with Gasteiger partial charge in [-0.1, -0.05) is 31.4 Å². The second-order valence-corrected chi connectivity index (χ2v) is 5.52. The molecule has 1 aliphatic rings. The van der Waals surface area contributed by atoms with Gasteiger partial charge in [-0.15, -0.1) is 12.4 Å². The van der Waals surface area contributed by atoms with E-state index in [1.54, 1.807) is 12.1 Å². The number of nitrogens with zero attached hydrogens (tertiary/aromatic N) is 1. The monoisotopic (exact) mass is 301 g/mol. The predicted octanol–water partition coefficient (Wildman–Crippen LogP) is 4.25. The van der Waals surface area contributed by atoms with E-state index in [9.17, 15) is 4.79 Å². The fourth-order valence-electron chi connectivity index (χ4n) is 2.68. The van der Waals surface area contributed by atoms with Gasteiger partial charge in [0, 0.05) is 18.2 Å². The molecule has 0 N–H and O–H groups in total. The number of carbonyl (C=O) groups excluding carboxylic acids is 1. The van der Waals surface area contributed by atoms with Crippen molar-refractivity contribution in [3.05, 3.63) is 35.4 Å². The Kier molecular flexibility index (Phi) is 6.84. The summed E-state index contributed by atoms with van der Waals surface area (Å²) in [5, 5.41) is -0.387. The summed E-state index contributed by atoms with van der Waals surface area (Å²) >= 11 is 5.43. The Hall–Kier alpha value is -0.570. The van der Waals surface area contributed by atoms with Crippen LogP contribution in [-0.4, -0.2) is 23.2 Å². The minimum Gasteiger partial charge on any atom is -0.299 e. The molecule has 0 spiro atoms. The van der Waals surface area contributed by atoms with Gasteiger partial charge in [0.1, 0.15) is 0 Å². The molecule has 1 aromatic rings. The lowest BCUT2D eigenvalue weighted by Crippen LogP contribution is -2.32. The van der Waals surface area contributed by atoms with Gasteiger partial charge in [0.05, 0.1) is 0 Å². The predicted molar refractivity (Wildman–Crippen MR) is 82.2 cm³/mol. The number of hydrogen-bond donors (Lipinski definition) is 0. The van der Waals surface area contributed by atoms with Crippen molar-refractivity contribution < 1.29 is 4.79 Å². The Morgan fingerprint density at radius 1 is 1.21 bits per heavy atom. The van der Waals surface area contributed by atoms with Gasteiger partial charge >= 0.3 is 0 Å². The molecule has 0 atom stereocenters. The van der Waals surface area contributed by atoms with Crippen LogP contribution in [0.15, 0.2) is 24.3 Å². The van der Waals surface area contributed by atoms with E-state index < -0.39 is 0 Å². The topological polar surface area (TPSA) is 20.3 Å². The van der Waals surface area contributed by atoms with Gasteiger partial charge in [0.15, 0.2) is 0 Å². The Bertz CT molecular complexity index is 399. The number of benzene rings is 1. The minimum absolute atomic E-state index is 0. The van der Waals surface area contributed by atoms with Crippen LogP contribution in [-0.2, 0) is 6.54 Å². The zero-order chi connectivity index (χ0) is 13.0. The quantitative estimate of drug-likeness (QED) is 0.775. The zero-order valence-electron chi connectivity index (χ0n) is 11.3. The second-order valence-electron chi connectivity index (χ2n) is 5.18. The Balaban J connectivity index is 0.00000180. The van der Waals surface area contributed by atoms with Crippen LogP contribution in [0.2, 0.25) is 0 Å². The second kappa shape index (κ2) is 7.88. The molecule has 0 aliphatic heterocycles. The molecular weight excluding hydrogens is 281 g/mol. The molecule has 1 fully saturated rings. The molecular formula is C15H21Cl2NO. The molecule has 0 amide bonds. The standard InChI is InChI=1S/C15H20ClNO.ClH/c1-17(14-5-3-2-4-6-14)11-12-7-9-13(10-8-12)15(16)18;/h7-10,14H,2-6,11H2,1H3;1H. The highest BCUT2D eigenvalue weighted by atomic mass is 35.5. The van der Waals surface area contributed by atoms with E-state index in [-0.39, 0.29) is 17.6 Å². The number of halogens is 2. The third-order valence-corrected chi connectivity index (χ3v) is 4.03. The summed E-state index contributed by atoms with van der Waals surface area (Å²) in [6.45, 7) is 0.946. The first-order chi connectivity index (χ1) is 8.66. The van der Waals surface area contributed by atoms with Crippen molar-refractivity contribution in [1.29, 1.82) is 0 Å². The van der Waals surface area contributed by atoms with Crippen molar-refractivity contribution in [1.82, 2.24) is 4.90 Å². The summed E-state index contributed by atoms with van der Waals surface area (Å²) in [5.41, 5.74) is 1.81. The van der Waals surface area contributed by atoms with Crippen molar-refractivity contribution in [2.75, 3.05) is 7.05 Å². The fraction of sp³-hybridized carbons (Fsp3) is 0.533. The van der Waals surface area contributed by atoms with E-state index in [0.29, 0.717) is 11.6 Å². The highest BCUT2D eigenvalue weighted by Gasteiger charge is 2.17. The Labute approximate surface area is 126 Å². The third kappa shape index (κ3) is 4.79. The molecule has 1 saturated carbocycles. The third-order valence-electron chi connectivity index (χ3n) is 3.81. The highest BCUT2D eigenvalue weighted by molar-refractivity contribution is 6.67. The molecule has 2 rings (SSSR count). The summed E-state index contributed by atoms with van der Waals surface area (Å²) in [7, 11) is 2.19. The maximum absolute atomic E-state index is 11.0. The number of carbonyl (C=O) groups is 1. The van der Waals surface area contributed by atoms with E-state index in [1.165, 1.54) is 37.7 Å². The summed E-state index contributed by atoms with van der Waals surface area (Å²) in [6, 6.07) is 8.32. The maximum Gasteiger partial charge on any atom is 0.252 e. The number of hydrogen-bond acceptors (Lipinski definition) is 2. The summed E-state index contributed by atoms with van der Waals surface area (Å²) < 4.78 is 0. The summed E-state index contributed by atoms with van der Waals surface area (Å²) in [6.07, 6.45) is 6.73. The molecule has 106 valence electrons. The van der Waals surface area contributed by atoms with Crippen molar-refractivity contribution in [3.8, 4) is 0 Å². The Morgan fingerprint density at radius 3 is 2.32 bits per heavy atom. The minimum atomic E-state index is -0.387. The van der Waals surface area contributed by atoms with Gasteiger partial charge in [-0.3, -0.25) is 9.69 Å². The molecule has 0 unspecified atom stereocenters. The molecule has 0 saturated heterocycles. The molecule has 0 radical (unpaired) electrons. The van der Waals surface area contributed by atoms with Gasteiger partial charge in [-0.25, -0.2) is 0 Å². The first-order valence-corrected chi connectivity index (χ1v) is 7.03. The molecule has 0 bridgehead atoms. The lowest BCUT2D eigenvalue weighted by molar-refractivity contribution is 0.108. The van der Waals surface area contributed by atoms with Crippen LogP contribution in [0.3, 0.4) is 0 Å². The summed E-state index contributed by atoms with van der Waals surface area (Å²) in [4.78, 5) is 13.4. The first-order valence-electron chi connectivity index (χ1n) is 6.66. The van der Waals surface area contributed by atoms with Crippen LogP contribution in [0.4, 0.5) is 0 Å². The van der Waals surface area contributed by atoms with Crippen LogP contribution in [0, 0.1) is 0 Å². The molecule has 0 aromatic heterocycles. The average molecular weight is 302 g/mol. The van der Waals surface area contributed by atoms with Gasteiger partial charge in [0.2, 0.25) is 0 Å². The van der Waals surface area contributed by atoms with Gasteiger partial charge in [-0.05, 0) is 49.2 Å². The summed E-state index contributed by atoms with van der Waals surface area (Å²) in [5.74, 6) is 0. The number of rotatable bonds is 4. The first kappa shape index (κ1) is 16.5. The van der Waals surface area contributed by atoms with E-state index in [1.807, 2.05) is 12.1 Å². The van der Waals surface area contributed by atoms with Gasteiger partial charge < -0.3 is 0 Å². The fourth-order valence-corrected chi connectivity index (χ4v) is 2.81. The van der Waals surface area contributed by atoms with Crippen LogP contribution in [0.5, 0.6) is 0 Å². The van der Waals surface area contributed by atoms with Crippen molar-refractivity contribution >= 4 is 29.3 Å². The highest BCUT2D eigenvalue weighted by Crippen LogP contribution is 2.22. The Morgan fingerprint density at radius 2 is 1.79 bits per heavy atom. The molecule has 0 heterocycles. The molecule has 19 heavy (non-hydrogen) atoms. The zero-order valence-corrected chi connectivity index (χ0v) is 12.8. The van der Waals surface area contributed by atoms with E-state index in [0.717, 1.165) is 6.54 Å². The van der Waals surface area contributed by atoms with Crippen molar-refractivity contribution in [2.24, 2.45) is 0 Å². The maximum atomic E-state index is 11.0. The smallest absolute Gasteiger partial charge is 0.252 e. The van der Waals surface area contributed by atoms with Crippen LogP contribution < -0.4 is 0 Å². The van der Waals surface area contributed by atoms with Crippen LogP contribution in [0.1, 0.15) is 48.0 Å². The largest absolute Gasteiger partial charge is 0.299 e. The lowest BCUT2D eigenvalue weighted by Gasteiger charge is -2.31. The SMILES string of the molecule is CN(Cc1ccc(C(=O)Cl)cc1)C1CCCCC1.Cl. The molecule has 1 aromatic carbocycles. The molecule has 1 aliphatic carbocycles. The van der Waals surface area contributed by atoms with E-state index >= 15 is 0 Å². The van der Waals surface area contributed by atoms with Gasteiger partial charge in [0.25, 0.3) is 5.24 Å². The normalized spacial score (nSPS) is 16.2. The van der Waals surface area contributed by atoms with Crippen molar-refractivity contribution in [3.63, 3.8) is 0 Å². The molecule has 4 heteroatoms. The molecule has 2 nitrogen and oxygen atoms in total. The average Bonchev–Trinajstić information content (AvgIpc) is 2.40. The van der Waals surface area contributed by atoms with Crippen molar-refractivity contribution in [2.45, 2.75) is 44.7 Å². The van der Waals surface area contributed by atoms with E-state index in [4.69, 9.17) is 11.6 Å².